The Hall–Kier alpha value is -0.900. The molecule has 0 radical (unpaired) electrons. The Morgan fingerprint density at radius 2 is 2.04 bits per heavy atom. The average Bonchev–Trinajstić information content (AvgIpc) is 2.62. The number of hydrogen-bond donors (Lipinski definition) is 2. The van der Waals surface area contributed by atoms with Crippen molar-refractivity contribution in [2.75, 3.05) is 19.8 Å². The highest BCUT2D eigenvalue weighted by molar-refractivity contribution is 5.36. The molecule has 3 N–H and O–H groups in total. The summed E-state index contributed by atoms with van der Waals surface area (Å²) in [7, 11) is 0. The molecule has 0 amide bonds. The molecule has 0 bridgehead atoms. The molecule has 142 valence electrons. The lowest BCUT2D eigenvalue weighted by Gasteiger charge is -2.26. The summed E-state index contributed by atoms with van der Waals surface area (Å²) in [5.41, 5.74) is 10.5. The van der Waals surface area contributed by atoms with Crippen molar-refractivity contribution in [3.05, 3.63) is 34.9 Å². The topological polar surface area (TPSA) is 55.5 Å². The van der Waals surface area contributed by atoms with Crippen molar-refractivity contribution in [1.82, 2.24) is 0 Å². The van der Waals surface area contributed by atoms with E-state index in [-0.39, 0.29) is 6.61 Å². The Kier molecular flexibility index (Phi) is 8.94. The lowest BCUT2D eigenvalue weighted by molar-refractivity contribution is 0.0732. The second-order valence-electron chi connectivity index (χ2n) is 7.85. The maximum atomic E-state index is 8.97. The highest BCUT2D eigenvalue weighted by atomic mass is 16.5. The first-order chi connectivity index (χ1) is 12.1. The molecule has 1 aromatic carbocycles. The van der Waals surface area contributed by atoms with Gasteiger partial charge in [-0.25, -0.2) is 0 Å². The monoisotopic (exact) mass is 347 g/mol. The summed E-state index contributed by atoms with van der Waals surface area (Å²) in [6.45, 7) is 6.08. The molecule has 0 saturated carbocycles. The third-order valence-electron chi connectivity index (χ3n) is 5.49. The van der Waals surface area contributed by atoms with E-state index in [4.69, 9.17) is 15.6 Å². The van der Waals surface area contributed by atoms with Gasteiger partial charge in [0, 0.05) is 13.2 Å². The summed E-state index contributed by atoms with van der Waals surface area (Å²) in [5, 5.41) is 8.97. The van der Waals surface area contributed by atoms with Crippen LogP contribution in [0.15, 0.2) is 18.2 Å². The largest absolute Gasteiger partial charge is 0.396 e. The van der Waals surface area contributed by atoms with Gasteiger partial charge >= 0.3 is 0 Å². The van der Waals surface area contributed by atoms with Crippen LogP contribution in [0.2, 0.25) is 0 Å². The van der Waals surface area contributed by atoms with E-state index in [0.29, 0.717) is 18.6 Å². The zero-order valence-electron chi connectivity index (χ0n) is 16.2. The van der Waals surface area contributed by atoms with E-state index >= 15 is 0 Å². The van der Waals surface area contributed by atoms with Crippen molar-refractivity contribution in [3.63, 3.8) is 0 Å². The second kappa shape index (κ2) is 10.9. The fourth-order valence-corrected chi connectivity index (χ4v) is 3.96. The van der Waals surface area contributed by atoms with E-state index in [1.54, 1.807) is 0 Å². The molecule has 0 spiro atoms. The van der Waals surface area contributed by atoms with Crippen LogP contribution in [0.4, 0.5) is 0 Å². The van der Waals surface area contributed by atoms with Gasteiger partial charge in [-0.3, -0.25) is 0 Å². The van der Waals surface area contributed by atoms with Crippen LogP contribution < -0.4 is 5.73 Å². The van der Waals surface area contributed by atoms with E-state index < -0.39 is 0 Å². The van der Waals surface area contributed by atoms with E-state index in [1.165, 1.54) is 48.8 Å². The molecule has 1 aliphatic carbocycles. The second-order valence-corrected chi connectivity index (χ2v) is 7.85. The number of benzene rings is 1. The van der Waals surface area contributed by atoms with E-state index in [0.717, 1.165) is 31.8 Å². The van der Waals surface area contributed by atoms with Gasteiger partial charge in [0.25, 0.3) is 0 Å². The number of aliphatic hydroxyl groups excluding tert-OH is 1. The third kappa shape index (κ3) is 6.73. The molecule has 3 heteroatoms. The molecule has 0 heterocycles. The van der Waals surface area contributed by atoms with Crippen molar-refractivity contribution in [2.45, 2.75) is 77.2 Å². The van der Waals surface area contributed by atoms with E-state index in [1.807, 2.05) is 0 Å². The summed E-state index contributed by atoms with van der Waals surface area (Å²) in [6, 6.07) is 7.04. The van der Waals surface area contributed by atoms with Gasteiger partial charge in [-0.05, 0) is 93.9 Å². The number of unbranched alkanes of at least 4 members (excludes halogenated alkanes) is 1. The van der Waals surface area contributed by atoms with Crippen molar-refractivity contribution in [2.24, 2.45) is 11.7 Å². The summed E-state index contributed by atoms with van der Waals surface area (Å²) in [6.07, 6.45) is 9.53. The van der Waals surface area contributed by atoms with Crippen LogP contribution in [0.5, 0.6) is 0 Å². The number of aliphatic hydroxyl groups is 1. The zero-order chi connectivity index (χ0) is 18.1. The molecular weight excluding hydrogens is 310 g/mol. The summed E-state index contributed by atoms with van der Waals surface area (Å²) >= 11 is 0. The third-order valence-corrected chi connectivity index (χ3v) is 5.49. The molecule has 0 aromatic heterocycles. The molecule has 0 saturated heterocycles. The average molecular weight is 348 g/mol. The van der Waals surface area contributed by atoms with Crippen molar-refractivity contribution in [3.8, 4) is 0 Å². The molecule has 25 heavy (non-hydrogen) atoms. The maximum Gasteiger partial charge on any atom is 0.0518 e. The molecule has 0 unspecified atom stereocenters. The molecule has 2 atom stereocenters. The fraction of sp³-hybridized carbons (Fsp3) is 0.727. The normalized spacial score (nSPS) is 18.4. The lowest BCUT2D eigenvalue weighted by atomic mass is 9.80. The number of nitrogens with two attached hydrogens (primary N) is 1. The van der Waals surface area contributed by atoms with Crippen LogP contribution in [-0.2, 0) is 17.6 Å². The number of hydrogen-bond acceptors (Lipinski definition) is 3. The predicted octanol–water partition coefficient (Wildman–Crippen LogP) is 4.20. The first-order valence-corrected chi connectivity index (χ1v) is 10.2. The van der Waals surface area contributed by atoms with E-state index in [2.05, 4.69) is 32.0 Å². The van der Waals surface area contributed by atoms with Crippen molar-refractivity contribution < 1.29 is 9.84 Å². The van der Waals surface area contributed by atoms with Gasteiger partial charge < -0.3 is 15.6 Å². The Balaban J connectivity index is 1.87. The van der Waals surface area contributed by atoms with Crippen LogP contribution in [0.1, 0.15) is 75.0 Å². The predicted molar refractivity (Wildman–Crippen MR) is 105 cm³/mol. The number of ether oxygens (including phenoxy) is 1. The first kappa shape index (κ1) is 20.4. The summed E-state index contributed by atoms with van der Waals surface area (Å²) < 4.78 is 5.67. The molecule has 1 aromatic rings. The van der Waals surface area contributed by atoms with Gasteiger partial charge in [0.05, 0.1) is 6.10 Å². The molecule has 1 aliphatic rings. The van der Waals surface area contributed by atoms with Crippen LogP contribution in [0.25, 0.3) is 0 Å². The van der Waals surface area contributed by atoms with Crippen LogP contribution >= 0.6 is 0 Å². The Morgan fingerprint density at radius 3 is 2.76 bits per heavy atom. The molecule has 0 aliphatic heterocycles. The molecular formula is C22H37NO2. The molecule has 3 nitrogen and oxygen atoms in total. The standard InChI is InChI=1S/C22H37NO2/c1-17(2)25-13-5-6-18-8-9-20-15-21(11-10-19(20)14-18)22(16-23)7-3-4-12-24/h10-11,15,17-18,22,24H,3-9,12-14,16,23H2,1-2H3/t18-,22-/m0/s1. The summed E-state index contributed by atoms with van der Waals surface area (Å²) in [4.78, 5) is 0. The quantitative estimate of drug-likeness (QED) is 0.590. The minimum atomic E-state index is 0.283. The minimum absolute atomic E-state index is 0.283. The van der Waals surface area contributed by atoms with Gasteiger partial charge in [0.15, 0.2) is 0 Å². The van der Waals surface area contributed by atoms with E-state index in [9.17, 15) is 0 Å². The van der Waals surface area contributed by atoms with Crippen molar-refractivity contribution >= 4 is 0 Å². The van der Waals surface area contributed by atoms with Gasteiger partial charge in [0.2, 0.25) is 0 Å². The molecule has 2 rings (SSSR count). The number of aryl methyl sites for hydroxylation is 1. The zero-order valence-corrected chi connectivity index (χ0v) is 16.2. The van der Waals surface area contributed by atoms with Crippen LogP contribution in [-0.4, -0.2) is 31.0 Å². The van der Waals surface area contributed by atoms with Gasteiger partial charge in [0.1, 0.15) is 0 Å². The number of fused-ring (bicyclic) bond motifs is 1. The van der Waals surface area contributed by atoms with Crippen molar-refractivity contribution in [1.29, 1.82) is 0 Å². The number of rotatable bonds is 11. The van der Waals surface area contributed by atoms with Gasteiger partial charge in [-0.15, -0.1) is 0 Å². The van der Waals surface area contributed by atoms with Gasteiger partial charge in [-0.1, -0.05) is 24.6 Å². The molecule has 0 fully saturated rings. The maximum absolute atomic E-state index is 8.97. The Labute approximate surface area is 154 Å². The highest BCUT2D eigenvalue weighted by Gasteiger charge is 2.20. The van der Waals surface area contributed by atoms with Crippen LogP contribution in [0.3, 0.4) is 0 Å². The summed E-state index contributed by atoms with van der Waals surface area (Å²) in [5.74, 6) is 1.24. The highest BCUT2D eigenvalue weighted by Crippen LogP contribution is 2.31. The Bertz CT molecular complexity index is 501. The Morgan fingerprint density at radius 1 is 1.20 bits per heavy atom. The fourth-order valence-electron chi connectivity index (χ4n) is 3.96. The van der Waals surface area contributed by atoms with Crippen LogP contribution in [0, 0.1) is 5.92 Å². The smallest absolute Gasteiger partial charge is 0.0518 e. The first-order valence-electron chi connectivity index (χ1n) is 10.2. The van der Waals surface area contributed by atoms with Gasteiger partial charge in [-0.2, -0.15) is 0 Å². The lowest BCUT2D eigenvalue weighted by Crippen LogP contribution is -2.17. The SMILES string of the molecule is CC(C)OCCC[C@H]1CCc2cc([C@H](CN)CCCCO)ccc2C1. The minimum Gasteiger partial charge on any atom is -0.396 e.